The largest absolute Gasteiger partial charge is 0.467 e. The number of ether oxygens (including phenoxy) is 1. The van der Waals surface area contributed by atoms with Crippen molar-refractivity contribution in [1.29, 1.82) is 0 Å². The fraction of sp³-hybridized carbons (Fsp3) is 0.719. The lowest BCUT2D eigenvalue weighted by atomic mass is 10.0. The topological polar surface area (TPSA) is 63.7 Å². The molecule has 0 aliphatic rings. The van der Waals surface area contributed by atoms with Crippen LogP contribution < -0.4 is 4.90 Å². The number of hydrogen-bond acceptors (Lipinski definition) is 5. The first-order valence-electron chi connectivity index (χ1n) is 15.1. The first-order valence-corrected chi connectivity index (χ1v) is 16.4. The van der Waals surface area contributed by atoms with Gasteiger partial charge in [0.15, 0.2) is 5.12 Å². The second-order valence-electron chi connectivity index (χ2n) is 10.7. The predicted octanol–water partition coefficient (Wildman–Crippen LogP) is 9.37. The summed E-state index contributed by atoms with van der Waals surface area (Å²) in [5.41, 5.74) is 2.14. The van der Waals surface area contributed by atoms with Crippen molar-refractivity contribution in [3.8, 4) is 0 Å². The number of rotatable bonds is 21. The molecule has 0 radical (unpaired) electrons. The van der Waals surface area contributed by atoms with Gasteiger partial charge in [0.25, 0.3) is 0 Å². The molecule has 0 saturated carbocycles. The monoisotopic (exact) mass is 581 g/mol. The number of carbonyl (C=O) groups is 3. The van der Waals surface area contributed by atoms with Crippen molar-refractivity contribution in [2.75, 3.05) is 17.8 Å². The van der Waals surface area contributed by atoms with E-state index in [4.69, 9.17) is 16.3 Å². The number of benzene rings is 1. The van der Waals surface area contributed by atoms with Gasteiger partial charge in [0, 0.05) is 11.4 Å². The summed E-state index contributed by atoms with van der Waals surface area (Å²) in [5.74, 6) is -0.850. The molecule has 1 atom stereocenters. The Kier molecular flexibility index (Phi) is 19.3. The lowest BCUT2D eigenvalue weighted by molar-refractivity contribution is -0.142. The number of esters is 1. The van der Waals surface area contributed by atoms with Crippen LogP contribution in [-0.4, -0.2) is 35.9 Å². The van der Waals surface area contributed by atoms with Crippen LogP contribution in [0.4, 0.5) is 5.69 Å². The summed E-state index contributed by atoms with van der Waals surface area (Å²) in [6.45, 7) is 7.59. The summed E-state index contributed by atoms with van der Waals surface area (Å²) in [6, 6.07) is 2.77. The molecule has 0 unspecified atom stereocenters. The molecule has 1 rings (SSSR count). The van der Waals surface area contributed by atoms with E-state index in [2.05, 4.69) is 6.92 Å². The van der Waals surface area contributed by atoms with Crippen LogP contribution in [0.25, 0.3) is 0 Å². The molecule has 1 amide bonds. The maximum Gasteiger partial charge on any atom is 0.328 e. The fourth-order valence-electron chi connectivity index (χ4n) is 4.92. The number of methoxy groups -OCH3 is 1. The first-order chi connectivity index (χ1) is 18.7. The van der Waals surface area contributed by atoms with E-state index in [9.17, 15) is 14.4 Å². The average Bonchev–Trinajstić information content (AvgIpc) is 2.93. The maximum atomic E-state index is 13.2. The molecular formula is C32H52ClNO4S. The van der Waals surface area contributed by atoms with Gasteiger partial charge in [0.2, 0.25) is 5.91 Å². The van der Waals surface area contributed by atoms with E-state index < -0.39 is 12.0 Å². The number of nitrogens with zero attached hydrogens (tertiary/aromatic N) is 1. The van der Waals surface area contributed by atoms with Crippen LogP contribution in [0.5, 0.6) is 0 Å². The van der Waals surface area contributed by atoms with Crippen LogP contribution >= 0.6 is 23.4 Å². The van der Waals surface area contributed by atoms with E-state index in [1.807, 2.05) is 19.9 Å². The molecule has 222 valence electrons. The second kappa shape index (κ2) is 21.2. The van der Waals surface area contributed by atoms with Crippen molar-refractivity contribution < 1.29 is 19.1 Å². The Morgan fingerprint density at radius 1 is 0.846 bits per heavy atom. The summed E-state index contributed by atoms with van der Waals surface area (Å²) in [7, 11) is 1.30. The average molecular weight is 582 g/mol. The zero-order chi connectivity index (χ0) is 29.0. The van der Waals surface area contributed by atoms with Gasteiger partial charge in [-0.15, -0.1) is 0 Å². The fourth-order valence-corrected chi connectivity index (χ4v) is 5.78. The third-order valence-electron chi connectivity index (χ3n) is 7.35. The molecular weight excluding hydrogens is 530 g/mol. The Balaban J connectivity index is 2.30. The minimum atomic E-state index is -0.829. The van der Waals surface area contributed by atoms with Gasteiger partial charge in [-0.3, -0.25) is 14.5 Å². The van der Waals surface area contributed by atoms with Crippen LogP contribution in [0.1, 0.15) is 128 Å². The molecule has 1 aromatic rings. The van der Waals surface area contributed by atoms with Gasteiger partial charge in [0.1, 0.15) is 6.04 Å². The third kappa shape index (κ3) is 14.1. The zero-order valence-electron chi connectivity index (χ0n) is 25.1. The van der Waals surface area contributed by atoms with Gasteiger partial charge in [-0.1, -0.05) is 126 Å². The van der Waals surface area contributed by atoms with Gasteiger partial charge in [-0.25, -0.2) is 4.79 Å². The van der Waals surface area contributed by atoms with Crippen molar-refractivity contribution in [1.82, 2.24) is 0 Å². The number of unbranched alkanes of at least 4 members (excludes halogenated alkanes) is 14. The molecule has 39 heavy (non-hydrogen) atoms. The standard InChI is InChI=1S/C32H52ClNO4S/c1-6-7-8-9-10-11-12-13-14-15-16-17-18-19-20-21-30(36)39-24-29(35)34(27(4)32(37)38-5)31-25(2)22-23-28(33)26(31)3/h22-23,27H,6-21,24H2,1-5H3/t27-/m0/s1. The lowest BCUT2D eigenvalue weighted by Gasteiger charge is -2.30. The smallest absolute Gasteiger partial charge is 0.328 e. The molecule has 0 spiro atoms. The molecule has 0 saturated heterocycles. The molecule has 0 aliphatic carbocycles. The van der Waals surface area contributed by atoms with E-state index in [0.717, 1.165) is 42.2 Å². The predicted molar refractivity (Wildman–Crippen MR) is 167 cm³/mol. The zero-order valence-corrected chi connectivity index (χ0v) is 26.7. The van der Waals surface area contributed by atoms with Crippen LogP contribution in [0.15, 0.2) is 12.1 Å². The Labute approximate surface area is 247 Å². The van der Waals surface area contributed by atoms with Crippen molar-refractivity contribution in [3.05, 3.63) is 28.3 Å². The summed E-state index contributed by atoms with van der Waals surface area (Å²) < 4.78 is 4.90. The number of halogens is 1. The number of aryl methyl sites for hydroxylation is 1. The molecule has 0 N–H and O–H groups in total. The van der Waals surface area contributed by atoms with Crippen LogP contribution in [-0.2, 0) is 19.1 Å². The Morgan fingerprint density at radius 2 is 1.33 bits per heavy atom. The molecule has 1 aromatic carbocycles. The number of amides is 1. The molecule has 0 aliphatic heterocycles. The highest BCUT2D eigenvalue weighted by Crippen LogP contribution is 2.32. The molecule has 0 bridgehead atoms. The van der Waals surface area contributed by atoms with E-state index in [0.29, 0.717) is 17.1 Å². The van der Waals surface area contributed by atoms with E-state index in [1.165, 1.54) is 89.1 Å². The Bertz CT molecular complexity index is 876. The van der Waals surface area contributed by atoms with Gasteiger partial charge in [-0.05, 0) is 44.4 Å². The Hall–Kier alpha value is -1.53. The maximum absolute atomic E-state index is 13.2. The highest BCUT2D eigenvalue weighted by molar-refractivity contribution is 8.14. The van der Waals surface area contributed by atoms with E-state index >= 15 is 0 Å². The summed E-state index contributed by atoms with van der Waals surface area (Å²) in [4.78, 5) is 39.5. The molecule has 5 nitrogen and oxygen atoms in total. The summed E-state index contributed by atoms with van der Waals surface area (Å²) in [5, 5.41) is 0.533. The van der Waals surface area contributed by atoms with Crippen LogP contribution in [0, 0.1) is 13.8 Å². The summed E-state index contributed by atoms with van der Waals surface area (Å²) in [6.07, 6.45) is 19.8. The van der Waals surface area contributed by atoms with E-state index in [1.54, 1.807) is 13.0 Å². The lowest BCUT2D eigenvalue weighted by Crippen LogP contribution is -2.45. The number of carbonyl (C=O) groups excluding carboxylic acids is 3. The first kappa shape index (κ1) is 35.5. The number of thioether (sulfide) groups is 1. The molecule has 0 heterocycles. The van der Waals surface area contributed by atoms with Crippen LogP contribution in [0.3, 0.4) is 0 Å². The van der Waals surface area contributed by atoms with Crippen molar-refractivity contribution >= 4 is 46.0 Å². The highest BCUT2D eigenvalue weighted by atomic mass is 35.5. The number of hydrogen-bond donors (Lipinski definition) is 0. The normalized spacial score (nSPS) is 11.8. The highest BCUT2D eigenvalue weighted by Gasteiger charge is 2.31. The van der Waals surface area contributed by atoms with Gasteiger partial charge < -0.3 is 4.74 Å². The SMILES string of the molecule is CCCCCCCCCCCCCCCCCC(=O)SCC(=O)N(c1c(C)ccc(Cl)c1C)[C@@H](C)C(=O)OC. The van der Waals surface area contributed by atoms with E-state index in [-0.39, 0.29) is 16.8 Å². The van der Waals surface area contributed by atoms with Gasteiger partial charge >= 0.3 is 5.97 Å². The Morgan fingerprint density at radius 3 is 1.82 bits per heavy atom. The van der Waals surface area contributed by atoms with Crippen molar-refractivity contribution in [2.45, 2.75) is 136 Å². The number of anilines is 1. The molecule has 7 heteroatoms. The quantitative estimate of drug-likeness (QED) is 0.107. The van der Waals surface area contributed by atoms with Gasteiger partial charge in [0.05, 0.1) is 18.6 Å². The van der Waals surface area contributed by atoms with Crippen molar-refractivity contribution in [2.24, 2.45) is 0 Å². The summed E-state index contributed by atoms with van der Waals surface area (Å²) >= 11 is 7.35. The van der Waals surface area contributed by atoms with Crippen molar-refractivity contribution in [3.63, 3.8) is 0 Å². The van der Waals surface area contributed by atoms with Gasteiger partial charge in [-0.2, -0.15) is 0 Å². The minimum absolute atomic E-state index is 0.0169. The minimum Gasteiger partial charge on any atom is -0.467 e. The molecule has 0 aromatic heterocycles. The molecule has 0 fully saturated rings. The third-order valence-corrected chi connectivity index (χ3v) is 8.67. The second-order valence-corrected chi connectivity index (χ2v) is 12.1. The van der Waals surface area contributed by atoms with Crippen LogP contribution in [0.2, 0.25) is 5.02 Å².